The van der Waals surface area contributed by atoms with Crippen LogP contribution in [0.5, 0.6) is 5.75 Å². The SMILES string of the molecule is COc1ccc(S(=O)(=O)N(C)CC(O)CNc2ccc(C(=N)N)cc2)cc1. The molecule has 0 radical (unpaired) electrons. The van der Waals surface area contributed by atoms with E-state index in [9.17, 15) is 13.5 Å². The second-order valence-corrected chi connectivity index (χ2v) is 8.03. The van der Waals surface area contributed by atoms with Crippen LogP contribution in [0.25, 0.3) is 0 Å². The molecular weight excluding hydrogens is 368 g/mol. The normalized spacial score (nSPS) is 12.6. The third kappa shape index (κ3) is 5.43. The topological polar surface area (TPSA) is 129 Å². The highest BCUT2D eigenvalue weighted by Gasteiger charge is 2.23. The minimum Gasteiger partial charge on any atom is -0.497 e. The lowest BCUT2D eigenvalue weighted by molar-refractivity contribution is 0.164. The highest BCUT2D eigenvalue weighted by atomic mass is 32.2. The van der Waals surface area contributed by atoms with Crippen molar-refractivity contribution in [2.75, 3.05) is 32.6 Å². The number of rotatable bonds is 9. The Morgan fingerprint density at radius 1 is 1.22 bits per heavy atom. The first-order valence-corrected chi connectivity index (χ1v) is 9.65. The van der Waals surface area contributed by atoms with Crippen LogP contribution in [0, 0.1) is 5.41 Å². The van der Waals surface area contributed by atoms with E-state index in [2.05, 4.69) is 5.32 Å². The van der Waals surface area contributed by atoms with Crippen LogP contribution in [0.4, 0.5) is 5.69 Å². The van der Waals surface area contributed by atoms with Gasteiger partial charge in [0.1, 0.15) is 11.6 Å². The highest BCUT2D eigenvalue weighted by Crippen LogP contribution is 2.18. The number of aliphatic hydroxyl groups is 1. The lowest BCUT2D eigenvalue weighted by atomic mass is 10.2. The predicted octanol–water partition coefficient (Wildman–Crippen LogP) is 1.07. The molecule has 0 aromatic heterocycles. The summed E-state index contributed by atoms with van der Waals surface area (Å²) in [5.74, 6) is 0.545. The second-order valence-electron chi connectivity index (χ2n) is 5.99. The van der Waals surface area contributed by atoms with E-state index >= 15 is 0 Å². The molecule has 2 aromatic carbocycles. The fraction of sp³-hybridized carbons (Fsp3) is 0.278. The van der Waals surface area contributed by atoms with Crippen molar-refractivity contribution >= 4 is 21.5 Å². The Morgan fingerprint density at radius 2 is 1.81 bits per heavy atom. The molecule has 0 heterocycles. The molecule has 1 atom stereocenters. The molecule has 0 spiro atoms. The number of anilines is 1. The molecule has 9 heteroatoms. The highest BCUT2D eigenvalue weighted by molar-refractivity contribution is 7.89. The largest absolute Gasteiger partial charge is 0.497 e. The molecule has 8 nitrogen and oxygen atoms in total. The Balaban J connectivity index is 1.93. The molecule has 0 aliphatic heterocycles. The van der Waals surface area contributed by atoms with Crippen molar-refractivity contribution in [2.24, 2.45) is 5.73 Å². The Bertz CT molecular complexity index is 867. The summed E-state index contributed by atoms with van der Waals surface area (Å²) >= 11 is 0. The van der Waals surface area contributed by atoms with Crippen LogP contribution in [0.15, 0.2) is 53.4 Å². The summed E-state index contributed by atoms with van der Waals surface area (Å²) in [5.41, 5.74) is 6.74. The summed E-state index contributed by atoms with van der Waals surface area (Å²) in [5, 5.41) is 20.5. The van der Waals surface area contributed by atoms with Crippen LogP contribution in [0.3, 0.4) is 0 Å². The molecule has 1 unspecified atom stereocenters. The Labute approximate surface area is 159 Å². The number of sulfonamides is 1. The number of benzene rings is 2. The summed E-state index contributed by atoms with van der Waals surface area (Å²) in [7, 11) is -0.777. The average Bonchev–Trinajstić information content (AvgIpc) is 2.66. The number of methoxy groups -OCH3 is 1. The number of nitrogens with one attached hydrogen (secondary N) is 2. The van der Waals surface area contributed by atoms with E-state index in [-0.39, 0.29) is 23.8 Å². The molecule has 2 aromatic rings. The molecule has 2 rings (SSSR count). The maximum atomic E-state index is 12.6. The maximum Gasteiger partial charge on any atom is 0.242 e. The number of aliphatic hydroxyl groups excluding tert-OH is 1. The van der Waals surface area contributed by atoms with Crippen LogP contribution in [0.1, 0.15) is 5.56 Å². The zero-order chi connectivity index (χ0) is 20.0. The molecule has 0 aliphatic carbocycles. The van der Waals surface area contributed by atoms with Crippen LogP contribution < -0.4 is 15.8 Å². The molecule has 0 amide bonds. The number of nitrogen functional groups attached to an aromatic ring is 1. The Morgan fingerprint density at radius 3 is 2.33 bits per heavy atom. The zero-order valence-electron chi connectivity index (χ0n) is 15.2. The standard InChI is InChI=1S/C18H24N4O4S/c1-22(27(24,25)17-9-7-16(26-2)8-10-17)12-15(23)11-21-14-5-3-13(4-6-14)18(19)20/h3-10,15,21,23H,11-12H2,1-2H3,(H3,19,20). The van der Waals surface area contributed by atoms with Crippen LogP contribution in [-0.4, -0.2) is 57.0 Å². The fourth-order valence-corrected chi connectivity index (χ4v) is 3.60. The molecule has 0 saturated carbocycles. The van der Waals surface area contributed by atoms with E-state index in [1.165, 1.54) is 26.3 Å². The van der Waals surface area contributed by atoms with Gasteiger partial charge in [-0.05, 0) is 48.5 Å². The van der Waals surface area contributed by atoms with E-state index in [1.807, 2.05) is 0 Å². The minimum atomic E-state index is -3.70. The molecule has 0 fully saturated rings. The van der Waals surface area contributed by atoms with E-state index in [0.29, 0.717) is 11.3 Å². The van der Waals surface area contributed by atoms with Gasteiger partial charge in [0.25, 0.3) is 0 Å². The first-order valence-electron chi connectivity index (χ1n) is 8.21. The van der Waals surface area contributed by atoms with Gasteiger partial charge in [-0.2, -0.15) is 4.31 Å². The number of hydrogen-bond acceptors (Lipinski definition) is 6. The quantitative estimate of drug-likeness (QED) is 0.373. The predicted molar refractivity (Wildman–Crippen MR) is 105 cm³/mol. The van der Waals surface area contributed by atoms with Crippen LogP contribution in [-0.2, 0) is 10.0 Å². The van der Waals surface area contributed by atoms with Gasteiger partial charge in [0.2, 0.25) is 10.0 Å². The van der Waals surface area contributed by atoms with Crippen molar-refractivity contribution in [3.05, 3.63) is 54.1 Å². The summed E-state index contributed by atoms with van der Waals surface area (Å²) in [4.78, 5) is 0.130. The number of hydrogen-bond donors (Lipinski definition) is 4. The van der Waals surface area contributed by atoms with Crippen molar-refractivity contribution in [3.8, 4) is 5.75 Å². The molecular formula is C18H24N4O4S. The minimum absolute atomic E-state index is 0.0213. The number of nitrogens with zero attached hydrogens (tertiary/aromatic N) is 1. The zero-order valence-corrected chi connectivity index (χ0v) is 16.0. The van der Waals surface area contributed by atoms with Gasteiger partial charge in [-0.15, -0.1) is 0 Å². The number of amidine groups is 1. The van der Waals surface area contributed by atoms with Crippen molar-refractivity contribution in [1.29, 1.82) is 5.41 Å². The van der Waals surface area contributed by atoms with Gasteiger partial charge in [-0.1, -0.05) is 0 Å². The smallest absolute Gasteiger partial charge is 0.242 e. The van der Waals surface area contributed by atoms with Crippen molar-refractivity contribution < 1.29 is 18.3 Å². The molecule has 27 heavy (non-hydrogen) atoms. The lowest BCUT2D eigenvalue weighted by Gasteiger charge is -2.21. The number of likely N-dealkylation sites (N-methyl/N-ethyl adjacent to an activating group) is 1. The molecule has 0 aliphatic rings. The van der Waals surface area contributed by atoms with E-state index in [0.717, 1.165) is 9.99 Å². The maximum absolute atomic E-state index is 12.6. The van der Waals surface area contributed by atoms with Crippen LogP contribution >= 0.6 is 0 Å². The van der Waals surface area contributed by atoms with Crippen molar-refractivity contribution in [1.82, 2.24) is 4.31 Å². The Kier molecular flexibility index (Phi) is 6.78. The van der Waals surface area contributed by atoms with Gasteiger partial charge in [-0.3, -0.25) is 5.41 Å². The van der Waals surface area contributed by atoms with Gasteiger partial charge in [-0.25, -0.2) is 8.42 Å². The van der Waals surface area contributed by atoms with E-state index in [4.69, 9.17) is 15.9 Å². The summed E-state index contributed by atoms with van der Waals surface area (Å²) < 4.78 is 31.3. The first kappa shape index (κ1) is 20.7. The summed E-state index contributed by atoms with van der Waals surface area (Å²) in [6, 6.07) is 12.9. The molecule has 5 N–H and O–H groups in total. The Hall–Kier alpha value is -2.62. The van der Waals surface area contributed by atoms with Crippen LogP contribution in [0.2, 0.25) is 0 Å². The first-order chi connectivity index (χ1) is 12.7. The fourth-order valence-electron chi connectivity index (χ4n) is 2.39. The van der Waals surface area contributed by atoms with Gasteiger partial charge >= 0.3 is 0 Å². The summed E-state index contributed by atoms with van der Waals surface area (Å²) in [6.45, 7) is 0.106. The second kappa shape index (κ2) is 8.85. The molecule has 0 saturated heterocycles. The van der Waals surface area contributed by atoms with E-state index in [1.54, 1.807) is 36.4 Å². The van der Waals surface area contributed by atoms with Gasteiger partial charge in [0, 0.05) is 31.4 Å². The monoisotopic (exact) mass is 392 g/mol. The number of nitrogens with two attached hydrogens (primary N) is 1. The third-order valence-electron chi connectivity index (χ3n) is 3.97. The number of ether oxygens (including phenoxy) is 1. The summed E-state index contributed by atoms with van der Waals surface area (Å²) in [6.07, 6.45) is -0.907. The van der Waals surface area contributed by atoms with E-state index < -0.39 is 16.1 Å². The lowest BCUT2D eigenvalue weighted by Crippen LogP contribution is -2.37. The van der Waals surface area contributed by atoms with Crippen molar-refractivity contribution in [2.45, 2.75) is 11.0 Å². The molecule has 0 bridgehead atoms. The van der Waals surface area contributed by atoms with Gasteiger partial charge in [0.05, 0.1) is 18.1 Å². The van der Waals surface area contributed by atoms with Gasteiger partial charge < -0.3 is 20.9 Å². The average molecular weight is 392 g/mol. The van der Waals surface area contributed by atoms with Gasteiger partial charge in [0.15, 0.2) is 0 Å². The van der Waals surface area contributed by atoms with Crippen molar-refractivity contribution in [3.63, 3.8) is 0 Å². The molecule has 146 valence electrons. The third-order valence-corrected chi connectivity index (χ3v) is 5.81.